The van der Waals surface area contributed by atoms with Gasteiger partial charge in [0.15, 0.2) is 0 Å². The molecule has 1 aliphatic heterocycles. The first kappa shape index (κ1) is 15.8. The van der Waals surface area contributed by atoms with Gasteiger partial charge in [-0.25, -0.2) is 9.37 Å². The first-order valence-electron chi connectivity index (χ1n) is 8.60. The quantitative estimate of drug-likeness (QED) is 0.711. The third kappa shape index (κ3) is 3.02. The molecule has 1 saturated heterocycles. The molecule has 2 aromatic heterocycles. The normalized spacial score (nSPS) is 15.7. The number of aryl methyl sites for hydroxylation is 1. The maximum absolute atomic E-state index is 13.3. The zero-order valence-corrected chi connectivity index (χ0v) is 14.2. The summed E-state index contributed by atoms with van der Waals surface area (Å²) in [4.78, 5) is 18.8. The summed E-state index contributed by atoms with van der Waals surface area (Å²) in [6, 6.07) is 13.9. The molecule has 0 aliphatic carbocycles. The third-order valence-electron chi connectivity index (χ3n) is 4.79. The third-order valence-corrected chi connectivity index (χ3v) is 4.79. The monoisotopic (exact) mass is 337 g/mol. The van der Waals surface area contributed by atoms with Crippen molar-refractivity contribution in [2.24, 2.45) is 0 Å². The lowest BCUT2D eigenvalue weighted by atomic mass is 10.1. The number of alkyl halides is 1. The van der Waals surface area contributed by atoms with Crippen LogP contribution in [0.2, 0.25) is 0 Å². The van der Waals surface area contributed by atoms with Crippen LogP contribution >= 0.6 is 0 Å². The number of halogens is 1. The van der Waals surface area contributed by atoms with Crippen LogP contribution in [0.5, 0.6) is 0 Å². The Kier molecular flexibility index (Phi) is 3.99. The lowest BCUT2D eigenvalue weighted by molar-refractivity contribution is 0.0661. The van der Waals surface area contributed by atoms with Crippen LogP contribution in [0.4, 0.5) is 4.39 Å². The predicted molar refractivity (Wildman–Crippen MR) is 95.8 cm³/mol. The largest absolute Gasteiger partial charge is 0.337 e. The number of hydrogen-bond acceptors (Lipinski definition) is 2. The number of rotatable bonds is 2. The molecule has 128 valence electrons. The van der Waals surface area contributed by atoms with E-state index in [9.17, 15) is 9.18 Å². The van der Waals surface area contributed by atoms with Crippen LogP contribution < -0.4 is 0 Å². The van der Waals surface area contributed by atoms with Crippen LogP contribution in [0, 0.1) is 6.92 Å². The summed E-state index contributed by atoms with van der Waals surface area (Å²) in [7, 11) is 0. The first-order chi connectivity index (χ1) is 12.1. The lowest BCUT2D eigenvalue weighted by Crippen LogP contribution is -2.39. The van der Waals surface area contributed by atoms with Crippen molar-refractivity contribution in [3.05, 3.63) is 59.9 Å². The summed E-state index contributed by atoms with van der Waals surface area (Å²) < 4.78 is 15.3. The zero-order chi connectivity index (χ0) is 17.4. The molecule has 5 heteroatoms. The lowest BCUT2D eigenvalue weighted by Gasteiger charge is -2.28. The Bertz CT molecular complexity index is 908. The van der Waals surface area contributed by atoms with Gasteiger partial charge in [0.2, 0.25) is 0 Å². The average molecular weight is 337 g/mol. The number of amides is 1. The smallest absolute Gasteiger partial charge is 0.272 e. The molecule has 0 spiro atoms. The molecule has 4 rings (SSSR count). The molecule has 0 bridgehead atoms. The van der Waals surface area contributed by atoms with Crippen LogP contribution in [0.15, 0.2) is 48.7 Å². The van der Waals surface area contributed by atoms with Crippen LogP contribution in [-0.2, 0) is 0 Å². The van der Waals surface area contributed by atoms with Crippen molar-refractivity contribution < 1.29 is 9.18 Å². The fraction of sp³-hybridized carbons (Fsp3) is 0.300. The van der Waals surface area contributed by atoms with E-state index >= 15 is 0 Å². The van der Waals surface area contributed by atoms with Gasteiger partial charge in [0.25, 0.3) is 5.91 Å². The van der Waals surface area contributed by atoms with Crippen molar-refractivity contribution in [2.45, 2.75) is 25.9 Å². The Morgan fingerprint density at radius 3 is 2.52 bits per heavy atom. The maximum Gasteiger partial charge on any atom is 0.272 e. The molecule has 3 aromatic rings. The van der Waals surface area contributed by atoms with Gasteiger partial charge >= 0.3 is 0 Å². The van der Waals surface area contributed by atoms with Crippen molar-refractivity contribution in [1.29, 1.82) is 0 Å². The molecule has 1 aromatic carbocycles. The van der Waals surface area contributed by atoms with Crippen LogP contribution in [0.25, 0.3) is 16.7 Å². The zero-order valence-electron chi connectivity index (χ0n) is 14.2. The minimum Gasteiger partial charge on any atom is -0.337 e. The van der Waals surface area contributed by atoms with E-state index in [0.29, 0.717) is 31.6 Å². The second-order valence-electron chi connectivity index (χ2n) is 6.59. The molecule has 1 amide bonds. The molecule has 0 N–H and O–H groups in total. The molecular formula is C20H20FN3O. The van der Waals surface area contributed by atoms with Gasteiger partial charge in [0.05, 0.1) is 11.0 Å². The second kappa shape index (κ2) is 6.31. The van der Waals surface area contributed by atoms with Gasteiger partial charge in [0, 0.05) is 25.0 Å². The summed E-state index contributed by atoms with van der Waals surface area (Å²) in [6.45, 7) is 2.98. The predicted octanol–water partition coefficient (Wildman–Crippen LogP) is 3.91. The van der Waals surface area contributed by atoms with Crippen LogP contribution in [-0.4, -0.2) is 39.6 Å². The highest BCUT2D eigenvalue weighted by Crippen LogP contribution is 2.21. The molecule has 0 radical (unpaired) electrons. The van der Waals surface area contributed by atoms with E-state index in [0.717, 1.165) is 16.7 Å². The van der Waals surface area contributed by atoms with Gasteiger partial charge in [-0.3, -0.25) is 4.79 Å². The summed E-state index contributed by atoms with van der Waals surface area (Å²) >= 11 is 0. The number of hydrogen-bond donors (Lipinski definition) is 0. The van der Waals surface area contributed by atoms with E-state index in [2.05, 4.69) is 40.7 Å². The Morgan fingerprint density at radius 1 is 1.08 bits per heavy atom. The minimum atomic E-state index is -0.789. The fourth-order valence-corrected chi connectivity index (χ4v) is 3.28. The van der Waals surface area contributed by atoms with E-state index in [1.165, 1.54) is 5.56 Å². The van der Waals surface area contributed by atoms with Crippen molar-refractivity contribution in [2.75, 3.05) is 13.1 Å². The number of likely N-dealkylation sites (tertiary alicyclic amines) is 1. The highest BCUT2D eigenvalue weighted by Gasteiger charge is 2.24. The number of aromatic nitrogens is 2. The second-order valence-corrected chi connectivity index (χ2v) is 6.59. The van der Waals surface area contributed by atoms with Crippen LogP contribution in [0.3, 0.4) is 0 Å². The molecule has 1 aliphatic rings. The number of carbonyl (C=O) groups excluding carboxylic acids is 1. The number of pyridine rings is 1. The van der Waals surface area contributed by atoms with Crippen LogP contribution in [0.1, 0.15) is 28.9 Å². The number of fused-ring (bicyclic) bond motifs is 1. The number of piperidine rings is 1. The van der Waals surface area contributed by atoms with E-state index in [1.54, 1.807) is 11.0 Å². The fourth-order valence-electron chi connectivity index (χ4n) is 3.28. The van der Waals surface area contributed by atoms with Gasteiger partial charge in [0.1, 0.15) is 11.9 Å². The number of carbonyl (C=O) groups is 1. The standard InChI is InChI=1S/C20H20FN3O/c1-14-2-4-16(5-3-14)24-13-10-17-19(24)7-6-18(22-17)20(25)23-11-8-15(21)9-12-23/h2-7,10,13,15H,8-9,11-12H2,1H3. The highest BCUT2D eigenvalue weighted by atomic mass is 19.1. The highest BCUT2D eigenvalue weighted by molar-refractivity contribution is 5.94. The summed E-state index contributed by atoms with van der Waals surface area (Å²) in [6.07, 6.45) is 2.00. The van der Waals surface area contributed by atoms with E-state index in [-0.39, 0.29) is 5.91 Å². The van der Waals surface area contributed by atoms with Gasteiger partial charge < -0.3 is 9.47 Å². The van der Waals surface area contributed by atoms with E-state index in [1.807, 2.05) is 18.3 Å². The van der Waals surface area contributed by atoms with Gasteiger partial charge in [-0.1, -0.05) is 17.7 Å². The molecule has 0 saturated carbocycles. The minimum absolute atomic E-state index is 0.114. The van der Waals surface area contributed by atoms with Crippen molar-refractivity contribution in [3.8, 4) is 5.69 Å². The summed E-state index contributed by atoms with van der Waals surface area (Å²) in [5.41, 5.74) is 4.44. The molecule has 0 atom stereocenters. The Balaban J connectivity index is 1.63. The average Bonchev–Trinajstić information content (AvgIpc) is 3.05. The van der Waals surface area contributed by atoms with Gasteiger partial charge in [-0.05, 0) is 50.1 Å². The maximum atomic E-state index is 13.3. The van der Waals surface area contributed by atoms with E-state index < -0.39 is 6.17 Å². The Hall–Kier alpha value is -2.69. The van der Waals surface area contributed by atoms with E-state index in [4.69, 9.17) is 0 Å². The van der Waals surface area contributed by atoms with Crippen molar-refractivity contribution >= 4 is 16.9 Å². The topological polar surface area (TPSA) is 38.1 Å². The summed E-state index contributed by atoms with van der Waals surface area (Å²) in [5, 5.41) is 0. The Morgan fingerprint density at radius 2 is 1.80 bits per heavy atom. The van der Waals surface area contributed by atoms with Crippen molar-refractivity contribution in [3.63, 3.8) is 0 Å². The summed E-state index contributed by atoms with van der Waals surface area (Å²) in [5.74, 6) is -0.114. The van der Waals surface area contributed by atoms with Gasteiger partial charge in [-0.2, -0.15) is 0 Å². The molecule has 4 nitrogen and oxygen atoms in total. The number of benzene rings is 1. The molecule has 3 heterocycles. The number of nitrogens with zero attached hydrogens (tertiary/aromatic N) is 3. The molecule has 1 fully saturated rings. The molecule has 25 heavy (non-hydrogen) atoms. The Labute approximate surface area is 145 Å². The SMILES string of the molecule is Cc1ccc(-n2ccc3nc(C(=O)N4CCC(F)CC4)ccc32)cc1. The molecule has 0 unspecified atom stereocenters. The first-order valence-corrected chi connectivity index (χ1v) is 8.60. The molecular weight excluding hydrogens is 317 g/mol. The van der Waals surface area contributed by atoms with Gasteiger partial charge in [-0.15, -0.1) is 0 Å². The van der Waals surface area contributed by atoms with Crippen molar-refractivity contribution in [1.82, 2.24) is 14.5 Å².